The zero-order valence-corrected chi connectivity index (χ0v) is 14.6. The molecule has 1 aliphatic carbocycles. The van der Waals surface area contributed by atoms with Crippen molar-refractivity contribution in [2.75, 3.05) is 11.6 Å². The summed E-state index contributed by atoms with van der Waals surface area (Å²) in [5.74, 6) is 1.14. The van der Waals surface area contributed by atoms with Gasteiger partial charge in [-0.05, 0) is 31.9 Å². The highest BCUT2D eigenvalue weighted by Gasteiger charge is 2.24. The molecule has 0 saturated carbocycles. The predicted molar refractivity (Wildman–Crippen MR) is 99.9 cm³/mol. The number of carbonyl (C=O) groups is 1. The number of allylic oxidation sites excluding steroid dienone is 2. The van der Waals surface area contributed by atoms with E-state index in [-0.39, 0.29) is 11.7 Å². The van der Waals surface area contributed by atoms with Crippen molar-refractivity contribution >= 4 is 11.5 Å². The zero-order valence-electron chi connectivity index (χ0n) is 14.6. The van der Waals surface area contributed by atoms with Crippen molar-refractivity contribution in [1.29, 1.82) is 0 Å². The molecule has 1 heterocycles. The number of para-hydroxylation sites is 1. The van der Waals surface area contributed by atoms with Gasteiger partial charge in [-0.25, -0.2) is 4.98 Å². The molecular weight excluding hydrogens is 312 g/mol. The maximum Gasteiger partial charge on any atom is 0.162 e. The minimum atomic E-state index is 0.0167. The number of ketones is 1. The number of hydrogen-bond acceptors (Lipinski definition) is 4. The van der Waals surface area contributed by atoms with Gasteiger partial charge in [-0.1, -0.05) is 24.3 Å². The Morgan fingerprint density at radius 2 is 2.20 bits per heavy atom. The molecule has 1 unspecified atom stereocenters. The summed E-state index contributed by atoms with van der Waals surface area (Å²) in [6, 6.07) is 10.0. The lowest BCUT2D eigenvalue weighted by Crippen LogP contribution is -2.39. The Morgan fingerprint density at radius 3 is 2.84 bits per heavy atom. The minimum Gasteiger partial charge on any atom is -0.334 e. The normalized spacial score (nSPS) is 17.1. The first-order valence-corrected chi connectivity index (χ1v) is 8.59. The molecule has 5 heteroatoms. The third kappa shape index (κ3) is 4.18. The number of imidazole rings is 1. The third-order valence-electron chi connectivity index (χ3n) is 4.48. The quantitative estimate of drug-likeness (QED) is 0.623. The van der Waals surface area contributed by atoms with Crippen LogP contribution in [0.1, 0.15) is 18.7 Å². The standard InChI is InChI=1S/C20H24N4O/c1-3-12-24(19-7-5-4-6-8-19)22-18-10-9-17(20(25)14-18)15-23-13-11-21-16(23)2/h3-8,11,13-14,17,22H,1,9-10,12,15H2,2H3. The van der Waals surface area contributed by atoms with Crippen molar-refractivity contribution in [2.24, 2.45) is 5.92 Å². The highest BCUT2D eigenvalue weighted by Crippen LogP contribution is 2.23. The van der Waals surface area contributed by atoms with Crippen LogP contribution in [0.3, 0.4) is 0 Å². The number of benzene rings is 1. The van der Waals surface area contributed by atoms with Crippen LogP contribution in [0.2, 0.25) is 0 Å². The molecule has 1 atom stereocenters. The molecule has 0 radical (unpaired) electrons. The van der Waals surface area contributed by atoms with Crippen LogP contribution in [-0.2, 0) is 11.3 Å². The summed E-state index contributed by atoms with van der Waals surface area (Å²) >= 11 is 0. The molecule has 0 aliphatic heterocycles. The first-order valence-electron chi connectivity index (χ1n) is 8.59. The lowest BCUT2D eigenvalue weighted by Gasteiger charge is -2.29. The van der Waals surface area contributed by atoms with Crippen LogP contribution in [0.5, 0.6) is 0 Å². The number of carbonyl (C=O) groups excluding carboxylic acids is 1. The highest BCUT2D eigenvalue weighted by molar-refractivity contribution is 5.93. The molecule has 25 heavy (non-hydrogen) atoms. The summed E-state index contributed by atoms with van der Waals surface area (Å²) in [6.45, 7) is 7.14. The number of nitrogens with one attached hydrogen (secondary N) is 1. The zero-order chi connectivity index (χ0) is 17.6. The van der Waals surface area contributed by atoms with Gasteiger partial charge < -0.3 is 9.99 Å². The minimum absolute atomic E-state index is 0.0167. The number of hydrogen-bond donors (Lipinski definition) is 1. The summed E-state index contributed by atoms with van der Waals surface area (Å²) in [5, 5.41) is 2.01. The van der Waals surface area contributed by atoms with E-state index in [4.69, 9.17) is 0 Å². The smallest absolute Gasteiger partial charge is 0.162 e. The largest absolute Gasteiger partial charge is 0.334 e. The van der Waals surface area contributed by atoms with E-state index in [0.717, 1.165) is 30.1 Å². The number of anilines is 1. The summed E-state index contributed by atoms with van der Waals surface area (Å²) in [6.07, 6.45) is 8.99. The molecule has 3 rings (SSSR count). The molecule has 0 spiro atoms. The maximum absolute atomic E-state index is 12.5. The van der Waals surface area contributed by atoms with Crippen molar-refractivity contribution in [1.82, 2.24) is 15.0 Å². The fraction of sp³-hybridized carbons (Fsp3) is 0.300. The van der Waals surface area contributed by atoms with Crippen molar-refractivity contribution in [3.8, 4) is 0 Å². The van der Waals surface area contributed by atoms with Gasteiger partial charge in [0.15, 0.2) is 5.78 Å². The average molecular weight is 336 g/mol. The van der Waals surface area contributed by atoms with Gasteiger partial charge in [0.1, 0.15) is 5.82 Å². The van der Waals surface area contributed by atoms with Crippen LogP contribution in [0.15, 0.2) is 67.2 Å². The lowest BCUT2D eigenvalue weighted by atomic mass is 9.91. The molecule has 0 saturated heterocycles. The van der Waals surface area contributed by atoms with Crippen molar-refractivity contribution in [3.05, 3.63) is 73.0 Å². The van der Waals surface area contributed by atoms with Crippen molar-refractivity contribution in [3.63, 3.8) is 0 Å². The van der Waals surface area contributed by atoms with E-state index in [1.807, 2.05) is 59.1 Å². The van der Waals surface area contributed by atoms with E-state index in [0.29, 0.717) is 13.1 Å². The van der Waals surface area contributed by atoms with Crippen LogP contribution in [-0.4, -0.2) is 21.9 Å². The molecule has 5 nitrogen and oxygen atoms in total. The Bertz CT molecular complexity index is 763. The number of nitrogens with zero attached hydrogens (tertiary/aromatic N) is 3. The van der Waals surface area contributed by atoms with E-state index < -0.39 is 0 Å². The number of hydrazine groups is 1. The molecule has 130 valence electrons. The number of aromatic nitrogens is 2. The van der Waals surface area contributed by atoms with Crippen LogP contribution in [0.25, 0.3) is 0 Å². The maximum atomic E-state index is 12.5. The second kappa shape index (κ2) is 7.83. The fourth-order valence-electron chi connectivity index (χ4n) is 3.06. The third-order valence-corrected chi connectivity index (χ3v) is 4.48. The molecular formula is C20H24N4O. The van der Waals surface area contributed by atoms with E-state index in [2.05, 4.69) is 17.0 Å². The van der Waals surface area contributed by atoms with Crippen LogP contribution in [0, 0.1) is 12.8 Å². The lowest BCUT2D eigenvalue weighted by molar-refractivity contribution is -0.119. The summed E-state index contributed by atoms with van der Waals surface area (Å²) in [4.78, 5) is 16.8. The topological polar surface area (TPSA) is 50.2 Å². The van der Waals surface area contributed by atoms with Crippen molar-refractivity contribution in [2.45, 2.75) is 26.3 Å². The molecule has 1 aromatic carbocycles. The summed E-state index contributed by atoms with van der Waals surface area (Å²) in [5.41, 5.74) is 5.38. The molecule has 2 aromatic rings. The molecule has 1 N–H and O–H groups in total. The molecule has 1 aliphatic rings. The van der Waals surface area contributed by atoms with Gasteiger partial charge in [0, 0.05) is 36.6 Å². The van der Waals surface area contributed by atoms with Crippen LogP contribution in [0.4, 0.5) is 5.69 Å². The Labute approximate surface area is 148 Å². The first-order chi connectivity index (χ1) is 12.2. The number of aryl methyl sites for hydroxylation is 1. The molecule has 1 aromatic heterocycles. The predicted octanol–water partition coefficient (Wildman–Crippen LogP) is 3.25. The molecule has 0 fully saturated rings. The van der Waals surface area contributed by atoms with Gasteiger partial charge >= 0.3 is 0 Å². The average Bonchev–Trinajstić information content (AvgIpc) is 3.02. The second-order valence-electron chi connectivity index (χ2n) is 6.28. The van der Waals surface area contributed by atoms with Gasteiger partial charge in [0.2, 0.25) is 0 Å². The monoisotopic (exact) mass is 336 g/mol. The Kier molecular flexibility index (Phi) is 5.33. The molecule has 0 amide bonds. The van der Waals surface area contributed by atoms with E-state index in [1.54, 1.807) is 12.3 Å². The molecule has 0 bridgehead atoms. The first kappa shape index (κ1) is 17.0. The second-order valence-corrected chi connectivity index (χ2v) is 6.28. The number of rotatable bonds is 7. The van der Waals surface area contributed by atoms with E-state index in [9.17, 15) is 4.79 Å². The van der Waals surface area contributed by atoms with Crippen LogP contribution < -0.4 is 10.4 Å². The van der Waals surface area contributed by atoms with E-state index >= 15 is 0 Å². The fourth-order valence-corrected chi connectivity index (χ4v) is 3.06. The Balaban J connectivity index is 1.67. The summed E-state index contributed by atoms with van der Waals surface area (Å²) < 4.78 is 2.04. The highest BCUT2D eigenvalue weighted by atomic mass is 16.1. The van der Waals surface area contributed by atoms with Gasteiger partial charge in [0.05, 0.1) is 12.2 Å². The van der Waals surface area contributed by atoms with Crippen LogP contribution >= 0.6 is 0 Å². The SMILES string of the molecule is C=CCN(NC1=CC(=O)C(Cn2ccnc2C)CC1)c1ccccc1. The van der Waals surface area contributed by atoms with E-state index in [1.165, 1.54) is 0 Å². The van der Waals surface area contributed by atoms with Gasteiger partial charge in [0.25, 0.3) is 0 Å². The Hall–Kier alpha value is -2.82. The van der Waals surface area contributed by atoms with Gasteiger partial charge in [-0.3, -0.25) is 9.80 Å². The summed E-state index contributed by atoms with van der Waals surface area (Å²) in [7, 11) is 0. The van der Waals surface area contributed by atoms with Gasteiger partial charge in [-0.15, -0.1) is 6.58 Å². The van der Waals surface area contributed by atoms with Crippen molar-refractivity contribution < 1.29 is 4.79 Å². The van der Waals surface area contributed by atoms with Gasteiger partial charge in [-0.2, -0.15) is 0 Å². The Morgan fingerprint density at radius 1 is 1.40 bits per heavy atom.